The van der Waals surface area contributed by atoms with E-state index >= 15 is 0 Å². The summed E-state index contributed by atoms with van der Waals surface area (Å²) < 4.78 is 71.6. The molecule has 4 aromatic rings. The normalized spacial score (nSPS) is 15.2. The number of nitrogens with zero attached hydrogens (tertiary/aromatic N) is 9. The van der Waals surface area contributed by atoms with E-state index < -0.39 is 27.5 Å². The Morgan fingerprint density at radius 3 is 2.50 bits per heavy atom. The van der Waals surface area contributed by atoms with Crippen molar-refractivity contribution in [1.82, 2.24) is 38.4 Å². The Bertz CT molecular complexity index is 1700. The van der Waals surface area contributed by atoms with Crippen molar-refractivity contribution in [1.29, 1.82) is 5.26 Å². The van der Waals surface area contributed by atoms with Crippen LogP contribution in [0, 0.1) is 18.3 Å². The van der Waals surface area contributed by atoms with Crippen LogP contribution in [0.3, 0.4) is 0 Å². The van der Waals surface area contributed by atoms with E-state index in [1.807, 2.05) is 6.07 Å². The SMILES string of the molecule is Cc1c(-n2cnc(-c3nc(NC4CCN(S(=O)(=O)c5cn(C)cn5)CC4)ncc3C(F)(F)F)c2)ccnc1C#N. The average molecular weight is 573 g/mol. The number of rotatable bonds is 6. The summed E-state index contributed by atoms with van der Waals surface area (Å²) in [5.41, 5.74) is -0.222. The Kier molecular flexibility index (Phi) is 7.02. The van der Waals surface area contributed by atoms with Gasteiger partial charge in [0.1, 0.15) is 28.7 Å². The average Bonchev–Trinajstić information content (AvgIpc) is 3.58. The van der Waals surface area contributed by atoms with Crippen molar-refractivity contribution in [2.75, 3.05) is 18.4 Å². The highest BCUT2D eigenvalue weighted by Gasteiger charge is 2.37. The van der Waals surface area contributed by atoms with Crippen molar-refractivity contribution in [3.05, 3.63) is 60.3 Å². The maximum absolute atomic E-state index is 13.9. The number of sulfonamides is 1. The number of nitrogens with one attached hydrogen (secondary N) is 1. The van der Waals surface area contributed by atoms with Crippen molar-refractivity contribution >= 4 is 16.0 Å². The maximum atomic E-state index is 13.9. The molecule has 0 bridgehead atoms. The fraction of sp³-hybridized carbons (Fsp3) is 0.333. The smallest absolute Gasteiger partial charge is 0.351 e. The van der Waals surface area contributed by atoms with Crippen LogP contribution in [0.2, 0.25) is 0 Å². The summed E-state index contributed by atoms with van der Waals surface area (Å²) in [6.45, 7) is 2.08. The Labute approximate surface area is 227 Å². The molecule has 0 amide bonds. The molecule has 1 saturated heterocycles. The quantitative estimate of drug-likeness (QED) is 0.368. The molecule has 0 unspecified atom stereocenters. The van der Waals surface area contributed by atoms with Crippen LogP contribution in [0.1, 0.15) is 29.7 Å². The maximum Gasteiger partial charge on any atom is 0.420 e. The van der Waals surface area contributed by atoms with Crippen molar-refractivity contribution in [2.24, 2.45) is 7.05 Å². The molecule has 5 rings (SSSR count). The van der Waals surface area contributed by atoms with Crippen LogP contribution in [0.4, 0.5) is 19.1 Å². The van der Waals surface area contributed by atoms with Crippen molar-refractivity contribution < 1.29 is 21.6 Å². The number of pyridine rings is 1. The van der Waals surface area contributed by atoms with Crippen molar-refractivity contribution in [3.63, 3.8) is 0 Å². The molecule has 5 heterocycles. The standard InChI is InChI=1S/C24H23F3N10O2S/c1-15-18(9-28)29-6-3-20(15)36-11-19(31-14-36)22-17(24(25,26)27)10-30-23(34-22)33-16-4-7-37(8-5-16)40(38,39)21-12-35(2)13-32-21/h3,6,10-14,16H,4-5,7-8H2,1-2H3,(H,30,33,34). The van der Waals surface area contributed by atoms with E-state index in [9.17, 15) is 26.9 Å². The third-order valence-corrected chi connectivity index (χ3v) is 8.34. The third kappa shape index (κ3) is 5.25. The molecule has 0 spiro atoms. The second-order valence-corrected chi connectivity index (χ2v) is 11.1. The summed E-state index contributed by atoms with van der Waals surface area (Å²) in [5, 5.41) is 12.2. The number of hydrogen-bond donors (Lipinski definition) is 1. The topological polar surface area (TPSA) is 148 Å². The number of hydrogen-bond acceptors (Lipinski definition) is 9. The molecule has 0 aromatic carbocycles. The largest absolute Gasteiger partial charge is 0.420 e. The molecule has 1 N–H and O–H groups in total. The van der Waals surface area contributed by atoms with Gasteiger partial charge < -0.3 is 14.5 Å². The molecule has 1 aliphatic rings. The first-order valence-electron chi connectivity index (χ1n) is 12.1. The minimum absolute atomic E-state index is 0.0320. The molecular weight excluding hydrogens is 549 g/mol. The van der Waals surface area contributed by atoms with Crippen LogP contribution in [-0.2, 0) is 23.2 Å². The molecular formula is C24H23F3N10O2S. The number of aromatic nitrogens is 7. The van der Waals surface area contributed by atoms with Crippen LogP contribution in [0.25, 0.3) is 17.1 Å². The Balaban J connectivity index is 1.37. The Morgan fingerprint density at radius 1 is 1.10 bits per heavy atom. The second-order valence-electron chi connectivity index (χ2n) is 9.24. The molecule has 1 fully saturated rings. The fourth-order valence-corrected chi connectivity index (χ4v) is 5.86. The number of halogens is 3. The van der Waals surface area contributed by atoms with E-state index in [4.69, 9.17) is 0 Å². The molecule has 40 heavy (non-hydrogen) atoms. The lowest BCUT2D eigenvalue weighted by atomic mass is 10.1. The highest BCUT2D eigenvalue weighted by Crippen LogP contribution is 2.36. The predicted molar refractivity (Wildman–Crippen MR) is 135 cm³/mol. The first-order valence-corrected chi connectivity index (χ1v) is 13.5. The van der Waals surface area contributed by atoms with Crippen LogP contribution in [0.5, 0.6) is 0 Å². The molecule has 0 atom stereocenters. The zero-order valence-corrected chi connectivity index (χ0v) is 22.1. The zero-order valence-electron chi connectivity index (χ0n) is 21.3. The lowest BCUT2D eigenvalue weighted by molar-refractivity contribution is -0.137. The van der Waals surface area contributed by atoms with E-state index in [2.05, 4.69) is 30.2 Å². The van der Waals surface area contributed by atoms with Crippen molar-refractivity contribution in [2.45, 2.75) is 37.0 Å². The van der Waals surface area contributed by atoms with E-state index in [1.54, 1.807) is 24.6 Å². The molecule has 0 radical (unpaired) electrons. The Hall–Kier alpha value is -4.36. The minimum atomic E-state index is -4.73. The van der Waals surface area contributed by atoms with Gasteiger partial charge in [-0.25, -0.2) is 33.3 Å². The van der Waals surface area contributed by atoms with Gasteiger partial charge in [0.05, 0.1) is 18.3 Å². The van der Waals surface area contributed by atoms with Crippen LogP contribution in [-0.4, -0.2) is 65.9 Å². The molecule has 208 valence electrons. The highest BCUT2D eigenvalue weighted by atomic mass is 32.2. The second kappa shape index (κ2) is 10.3. The number of imidazole rings is 2. The fourth-order valence-electron chi connectivity index (χ4n) is 4.43. The number of aryl methyl sites for hydroxylation is 1. The van der Waals surface area contributed by atoms with Crippen LogP contribution < -0.4 is 5.32 Å². The Morgan fingerprint density at radius 2 is 1.85 bits per heavy atom. The van der Waals surface area contributed by atoms with Gasteiger partial charge in [0, 0.05) is 56.5 Å². The van der Waals surface area contributed by atoms with E-state index in [0.29, 0.717) is 30.3 Å². The van der Waals surface area contributed by atoms with Gasteiger partial charge in [0.15, 0.2) is 5.03 Å². The van der Waals surface area contributed by atoms with Gasteiger partial charge in [-0.1, -0.05) is 0 Å². The monoisotopic (exact) mass is 572 g/mol. The van der Waals surface area contributed by atoms with Gasteiger partial charge in [0.2, 0.25) is 5.95 Å². The summed E-state index contributed by atoms with van der Waals surface area (Å²) in [6.07, 6.45) is 3.76. The zero-order chi connectivity index (χ0) is 28.7. The first kappa shape index (κ1) is 27.2. The van der Waals surface area contributed by atoms with Gasteiger partial charge in [-0.3, -0.25) is 0 Å². The number of piperidine rings is 1. The highest BCUT2D eigenvalue weighted by molar-refractivity contribution is 7.89. The molecule has 4 aromatic heterocycles. The lowest BCUT2D eigenvalue weighted by Crippen LogP contribution is -2.42. The summed E-state index contributed by atoms with van der Waals surface area (Å²) in [4.78, 5) is 20.1. The third-order valence-electron chi connectivity index (χ3n) is 6.55. The molecule has 12 nitrogen and oxygen atoms in total. The van der Waals surface area contributed by atoms with Gasteiger partial charge in [0.25, 0.3) is 10.0 Å². The van der Waals surface area contributed by atoms with Gasteiger partial charge in [-0.2, -0.15) is 22.7 Å². The molecule has 0 aliphatic carbocycles. The molecule has 1 aliphatic heterocycles. The lowest BCUT2D eigenvalue weighted by Gasteiger charge is -2.31. The summed E-state index contributed by atoms with van der Waals surface area (Å²) in [6, 6.07) is 3.34. The van der Waals surface area contributed by atoms with Crippen LogP contribution in [0.15, 0.2) is 48.5 Å². The first-order chi connectivity index (χ1) is 19.0. The van der Waals surface area contributed by atoms with E-state index in [1.165, 1.54) is 40.1 Å². The van der Waals surface area contributed by atoms with Crippen molar-refractivity contribution in [3.8, 4) is 23.1 Å². The minimum Gasteiger partial charge on any atom is -0.351 e. The molecule has 16 heteroatoms. The summed E-state index contributed by atoms with van der Waals surface area (Å²) in [7, 11) is -2.07. The predicted octanol–water partition coefficient (Wildman–Crippen LogP) is 2.92. The molecule has 0 saturated carbocycles. The van der Waals surface area contributed by atoms with Gasteiger partial charge in [-0.15, -0.1) is 0 Å². The van der Waals surface area contributed by atoms with E-state index in [-0.39, 0.29) is 41.5 Å². The number of alkyl halides is 3. The van der Waals surface area contributed by atoms with Gasteiger partial charge in [-0.05, 0) is 25.8 Å². The summed E-state index contributed by atoms with van der Waals surface area (Å²) >= 11 is 0. The van der Waals surface area contributed by atoms with E-state index in [0.717, 1.165) is 0 Å². The number of anilines is 1. The van der Waals surface area contributed by atoms with Crippen LogP contribution >= 0.6 is 0 Å². The summed E-state index contributed by atoms with van der Waals surface area (Å²) in [5.74, 6) is -0.0320. The number of nitriles is 1. The van der Waals surface area contributed by atoms with Gasteiger partial charge >= 0.3 is 6.18 Å².